The Balaban J connectivity index is 4.96. The summed E-state index contributed by atoms with van der Waals surface area (Å²) in [4.78, 5) is 0. The lowest BCUT2D eigenvalue weighted by molar-refractivity contribution is -0.738. The minimum atomic E-state index is -3.73. The molecule has 0 saturated heterocycles. The molecule has 7 heteroatoms. The fourth-order valence-electron chi connectivity index (χ4n) is 0.350. The van der Waals surface area contributed by atoms with Crippen LogP contribution in [-0.4, -0.2) is 48.1 Å². The summed E-state index contributed by atoms with van der Waals surface area (Å²) in [5, 5.41) is 0.375. The summed E-state index contributed by atoms with van der Waals surface area (Å²) in [6, 6.07) is 0. The predicted octanol–water partition coefficient (Wildman–Crippen LogP) is -0.814. The van der Waals surface area contributed by atoms with Crippen molar-refractivity contribution in [2.24, 2.45) is 0 Å². The molecule has 0 aromatic rings. The smallest absolute Gasteiger partial charge is 0.180 e. The molecule has 0 fully saturated rings. The second kappa shape index (κ2) is 2.97. The first-order chi connectivity index (χ1) is 4.96. The van der Waals surface area contributed by atoms with Crippen molar-refractivity contribution in [3.8, 4) is 0 Å². The van der Waals surface area contributed by atoms with Gasteiger partial charge in [0.15, 0.2) is 10.0 Å². The number of sulfonamides is 1. The molecule has 0 N–H and O–H groups in total. The Morgan fingerprint density at radius 2 is 1.33 bits per heavy atom. The molecule has 0 aliphatic rings. The normalized spacial score (nSPS) is 14.7. The van der Waals surface area contributed by atoms with Gasteiger partial charge in [-0.3, -0.25) is 12.3 Å². The molecule has 0 aromatic heterocycles. The van der Waals surface area contributed by atoms with Crippen LogP contribution >= 0.6 is 0 Å². The molecular formula is C5H13NO4S2. The van der Waals surface area contributed by atoms with Gasteiger partial charge in [-0.25, -0.2) is 8.42 Å². The Labute approximate surface area is 73.6 Å². The Bertz CT molecular complexity index is 345. The first kappa shape index (κ1) is 11.9. The van der Waals surface area contributed by atoms with Gasteiger partial charge in [0.2, 0.25) is 0 Å². The van der Waals surface area contributed by atoms with Gasteiger partial charge in [0.1, 0.15) is 0 Å². The summed E-state index contributed by atoms with van der Waals surface area (Å²) in [7, 11) is -3.17. The summed E-state index contributed by atoms with van der Waals surface area (Å²) in [5.74, 6) is 0. The summed E-state index contributed by atoms with van der Waals surface area (Å²) in [6.45, 7) is 0. The Hall–Kier alpha value is -0.140. The Kier molecular flexibility index (Phi) is 2.93. The van der Waals surface area contributed by atoms with E-state index in [1.807, 2.05) is 0 Å². The van der Waals surface area contributed by atoms with E-state index in [1.54, 1.807) is 0 Å². The highest BCUT2D eigenvalue weighted by Gasteiger charge is 2.22. The molecular weight excluding hydrogens is 202 g/mol. The molecule has 0 bridgehead atoms. The van der Waals surface area contributed by atoms with Crippen LogP contribution in [0.25, 0.3) is 0 Å². The van der Waals surface area contributed by atoms with Crippen molar-refractivity contribution in [3.05, 3.63) is 5.08 Å². The maximum atomic E-state index is 11.2. The Morgan fingerprint density at radius 1 is 1.00 bits per heavy atom. The zero-order valence-corrected chi connectivity index (χ0v) is 9.11. The average Bonchev–Trinajstić information content (AvgIpc) is 1.52. The van der Waals surface area contributed by atoms with E-state index in [4.69, 9.17) is 0 Å². The lowest BCUT2D eigenvalue weighted by Gasteiger charge is -2.28. The number of hydrogen-bond acceptors (Lipinski definition) is 4. The molecule has 0 aromatic carbocycles. The van der Waals surface area contributed by atoms with Crippen molar-refractivity contribution in [2.75, 3.05) is 27.4 Å². The van der Waals surface area contributed by atoms with E-state index in [1.165, 1.54) is 21.1 Å². The Morgan fingerprint density at radius 3 is 1.42 bits per heavy atom. The van der Waals surface area contributed by atoms with Crippen LogP contribution in [0, 0.1) is 5.08 Å². The van der Waals surface area contributed by atoms with Gasteiger partial charge in [-0.1, -0.05) is 0 Å². The summed E-state index contributed by atoms with van der Waals surface area (Å²) < 4.78 is 43.3. The summed E-state index contributed by atoms with van der Waals surface area (Å²) in [6.07, 6.45) is 0.847. The highest BCUT2D eigenvalue weighted by molar-refractivity contribution is 8.08. The van der Waals surface area contributed by atoms with Gasteiger partial charge >= 0.3 is 0 Å². The molecule has 0 spiro atoms. The zero-order chi connectivity index (χ0) is 10.2. The molecule has 0 atom stereocenters. The van der Waals surface area contributed by atoms with Gasteiger partial charge in [-0.2, -0.15) is 0 Å². The maximum absolute atomic E-state index is 11.2. The van der Waals surface area contributed by atoms with Gasteiger partial charge in [0.25, 0.3) is 0 Å². The number of quaternary nitrogens is 1. The molecule has 0 rings (SSSR count). The van der Waals surface area contributed by atoms with Gasteiger partial charge in [-0.05, 0) is 5.08 Å². The van der Waals surface area contributed by atoms with Crippen molar-refractivity contribution in [1.82, 2.24) is 0 Å². The predicted molar refractivity (Wildman–Crippen MR) is 46.1 cm³/mol. The minimum Gasteiger partial charge on any atom is -0.261 e. The molecule has 0 aliphatic carbocycles. The van der Waals surface area contributed by atoms with Crippen LogP contribution in [0.4, 0.5) is 0 Å². The molecule has 0 radical (unpaired) electrons. The summed E-state index contributed by atoms with van der Waals surface area (Å²) in [5.41, 5.74) is 0. The van der Waals surface area contributed by atoms with Gasteiger partial charge in [-0.15, -0.1) is 0 Å². The van der Waals surface area contributed by atoms with E-state index >= 15 is 0 Å². The fraction of sp³-hybridized carbons (Fsp3) is 0.800. The monoisotopic (exact) mass is 215 g/mol. The van der Waals surface area contributed by atoms with Crippen molar-refractivity contribution in [2.45, 2.75) is 0 Å². The van der Waals surface area contributed by atoms with Crippen molar-refractivity contribution >= 4 is 19.9 Å². The van der Waals surface area contributed by atoms with Gasteiger partial charge < -0.3 is 0 Å². The molecule has 0 saturated carbocycles. The second-order valence-corrected chi connectivity index (χ2v) is 7.88. The van der Waals surface area contributed by atoms with Gasteiger partial charge in [0, 0.05) is 16.1 Å². The number of nitrogens with zero attached hydrogens (tertiary/aromatic N) is 1. The third kappa shape index (κ3) is 3.51. The van der Waals surface area contributed by atoms with Crippen LogP contribution in [0.15, 0.2) is 0 Å². The third-order valence-corrected chi connectivity index (χ3v) is 4.96. The lowest BCUT2D eigenvalue weighted by atomic mass is 11.0. The maximum Gasteiger partial charge on any atom is 0.180 e. The molecule has 0 aliphatic heterocycles. The molecule has 0 amide bonds. The number of hydrogen-bond donors (Lipinski definition) is 0. The topological polar surface area (TPSA) is 68.3 Å². The molecule has 0 heterocycles. The lowest BCUT2D eigenvalue weighted by Crippen LogP contribution is -2.42. The van der Waals surface area contributed by atoms with Crippen molar-refractivity contribution < 1.29 is 20.7 Å². The molecule has 5 nitrogen and oxygen atoms in total. The quantitative estimate of drug-likeness (QED) is 0.456. The first-order valence-corrected chi connectivity index (χ1v) is 6.53. The molecule has 12 heavy (non-hydrogen) atoms. The van der Waals surface area contributed by atoms with Crippen molar-refractivity contribution in [3.63, 3.8) is 0 Å². The second-order valence-electron chi connectivity index (χ2n) is 3.33. The zero-order valence-electron chi connectivity index (χ0n) is 7.47. The number of sulfone groups is 1. The van der Waals surface area contributed by atoms with E-state index in [-0.39, 0.29) is 0 Å². The van der Waals surface area contributed by atoms with Crippen molar-refractivity contribution in [1.29, 1.82) is 0 Å². The van der Waals surface area contributed by atoms with E-state index in [2.05, 4.69) is 0 Å². The minimum absolute atomic E-state index is 0.375. The van der Waals surface area contributed by atoms with Crippen LogP contribution in [-0.2, 0) is 19.9 Å². The third-order valence-electron chi connectivity index (χ3n) is 1.06. The average molecular weight is 215 g/mol. The van der Waals surface area contributed by atoms with Crippen LogP contribution in [0.5, 0.6) is 0 Å². The standard InChI is InChI=1S/C5H13NO4S2/c1-6(2,3)12(9,10)5-11(4,7)8/h5H,1-4H3. The first-order valence-electron chi connectivity index (χ1n) is 3.07. The largest absolute Gasteiger partial charge is 0.261 e. The SMILES string of the molecule is C[N+](C)(C)S(=O)(=O)[CH-]S(C)(=O)=O. The van der Waals surface area contributed by atoms with Crippen LogP contribution in [0.3, 0.4) is 0 Å². The fourth-order valence-corrected chi connectivity index (χ4v) is 3.15. The van der Waals surface area contributed by atoms with E-state index in [0.717, 1.165) is 6.26 Å². The van der Waals surface area contributed by atoms with Crippen LogP contribution in [0.2, 0.25) is 0 Å². The highest BCUT2D eigenvalue weighted by Crippen LogP contribution is 2.11. The van der Waals surface area contributed by atoms with E-state index in [0.29, 0.717) is 5.08 Å². The van der Waals surface area contributed by atoms with Gasteiger partial charge in [0.05, 0.1) is 21.1 Å². The van der Waals surface area contributed by atoms with E-state index in [9.17, 15) is 16.8 Å². The van der Waals surface area contributed by atoms with Crippen LogP contribution in [0.1, 0.15) is 0 Å². The highest BCUT2D eigenvalue weighted by atomic mass is 32.3. The van der Waals surface area contributed by atoms with Crippen LogP contribution < -0.4 is 0 Å². The summed E-state index contributed by atoms with van der Waals surface area (Å²) >= 11 is 0. The van der Waals surface area contributed by atoms with E-state index < -0.39 is 23.7 Å². The number of rotatable bonds is 3. The molecule has 74 valence electrons. The molecule has 0 unspecified atom stereocenters.